The van der Waals surface area contributed by atoms with E-state index in [4.69, 9.17) is 10.3 Å². The minimum absolute atomic E-state index is 0.00511. The van der Waals surface area contributed by atoms with Crippen molar-refractivity contribution < 1.29 is 52.4 Å². The normalized spacial score (nSPS) is 13.4. The zero-order valence-corrected chi connectivity index (χ0v) is 26.8. The standard InChI is InChI=1S/C26H23N5O12S4/c1-15(44(33)34)16-2-5-18(6-3-16)28-30-21-11-4-17-14-22(46(37,38)39)25(24(27)23(17)26(21)32)31-29-19-7-9-20(10-8-19)45(35,36)13-12-43-47(40,41)42/h2-11,14,32H,1,12-13,27H2,(H,33,34)(H,37,38,39)(H,40,41,42). The molecule has 4 rings (SSSR count). The summed E-state index contributed by atoms with van der Waals surface area (Å²) in [6, 6.07) is 14.2. The van der Waals surface area contributed by atoms with Gasteiger partial charge in [-0.25, -0.2) is 16.8 Å². The number of azo groups is 2. The Hall–Kier alpha value is -4.48. The summed E-state index contributed by atoms with van der Waals surface area (Å²) in [4.78, 5) is -1.02. The summed E-state index contributed by atoms with van der Waals surface area (Å²) in [5.41, 5.74) is 5.87. The molecule has 0 saturated carbocycles. The number of nitrogen functional groups attached to an aromatic ring is 1. The second-order valence-corrected chi connectivity index (χ2v) is 14.9. The smallest absolute Gasteiger partial charge is 0.397 e. The molecule has 6 N–H and O–H groups in total. The molecule has 0 fully saturated rings. The molecule has 21 heteroatoms. The number of nitrogens with two attached hydrogens (primary N) is 1. The van der Waals surface area contributed by atoms with E-state index in [-0.39, 0.29) is 31.9 Å². The zero-order chi connectivity index (χ0) is 34.7. The van der Waals surface area contributed by atoms with Gasteiger partial charge in [0.2, 0.25) is 0 Å². The maximum Gasteiger partial charge on any atom is 0.397 e. The molecule has 1 unspecified atom stereocenters. The molecule has 47 heavy (non-hydrogen) atoms. The van der Waals surface area contributed by atoms with Crippen molar-refractivity contribution in [2.45, 2.75) is 9.79 Å². The fraction of sp³-hybridized carbons (Fsp3) is 0.0769. The summed E-state index contributed by atoms with van der Waals surface area (Å²) in [6.45, 7) is 2.68. The Morgan fingerprint density at radius 1 is 0.851 bits per heavy atom. The van der Waals surface area contributed by atoms with Crippen LogP contribution in [0.3, 0.4) is 0 Å². The third-order valence-corrected chi connectivity index (χ3v) is 9.91. The molecular weight excluding hydrogens is 703 g/mol. The number of phenolic OH excluding ortho intramolecular Hbond substituents is 1. The van der Waals surface area contributed by atoms with Crippen LogP contribution in [0.2, 0.25) is 0 Å². The number of phenols is 1. The van der Waals surface area contributed by atoms with Crippen molar-refractivity contribution in [3.05, 3.63) is 78.9 Å². The Balaban J connectivity index is 1.67. The lowest BCUT2D eigenvalue weighted by Gasteiger charge is -2.12. The number of nitrogens with zero attached hydrogens (tertiary/aromatic N) is 4. The Morgan fingerprint density at radius 2 is 1.43 bits per heavy atom. The summed E-state index contributed by atoms with van der Waals surface area (Å²) < 4.78 is 113. The molecule has 0 heterocycles. The van der Waals surface area contributed by atoms with Gasteiger partial charge in [-0.15, -0.1) is 10.2 Å². The van der Waals surface area contributed by atoms with Gasteiger partial charge < -0.3 is 15.4 Å². The van der Waals surface area contributed by atoms with E-state index in [1.54, 1.807) is 0 Å². The van der Waals surface area contributed by atoms with Crippen molar-refractivity contribution in [3.63, 3.8) is 0 Å². The van der Waals surface area contributed by atoms with Gasteiger partial charge in [0.25, 0.3) is 10.1 Å². The van der Waals surface area contributed by atoms with Crippen LogP contribution in [-0.2, 0) is 45.6 Å². The molecule has 0 bridgehead atoms. The van der Waals surface area contributed by atoms with Crippen molar-refractivity contribution in [1.29, 1.82) is 0 Å². The number of hydrogen-bond donors (Lipinski definition) is 5. The van der Waals surface area contributed by atoms with Crippen LogP contribution < -0.4 is 5.73 Å². The number of rotatable bonds is 12. The third kappa shape index (κ3) is 8.66. The lowest BCUT2D eigenvalue weighted by atomic mass is 10.1. The van der Waals surface area contributed by atoms with Crippen LogP contribution in [-0.4, -0.2) is 60.6 Å². The van der Waals surface area contributed by atoms with Crippen molar-refractivity contribution in [1.82, 2.24) is 0 Å². The Morgan fingerprint density at radius 3 is 1.98 bits per heavy atom. The van der Waals surface area contributed by atoms with E-state index in [9.17, 15) is 43.7 Å². The molecule has 17 nitrogen and oxygen atoms in total. The molecule has 0 saturated heterocycles. The first-order valence-electron chi connectivity index (χ1n) is 12.6. The van der Waals surface area contributed by atoms with E-state index in [1.165, 1.54) is 48.5 Å². The Kier molecular flexibility index (Phi) is 10.3. The molecule has 0 aliphatic rings. The minimum Gasteiger partial charge on any atom is -0.505 e. The summed E-state index contributed by atoms with van der Waals surface area (Å²) >= 11 is -2.26. The van der Waals surface area contributed by atoms with Gasteiger partial charge in [-0.2, -0.15) is 27.1 Å². The van der Waals surface area contributed by atoms with Crippen LogP contribution in [0.5, 0.6) is 5.75 Å². The Labute approximate surface area is 270 Å². The van der Waals surface area contributed by atoms with Gasteiger partial charge in [-0.3, -0.25) is 9.11 Å². The van der Waals surface area contributed by atoms with E-state index in [0.29, 0.717) is 11.3 Å². The first-order chi connectivity index (χ1) is 21.9. The molecule has 0 amide bonds. The highest BCUT2D eigenvalue weighted by Gasteiger charge is 2.23. The summed E-state index contributed by atoms with van der Waals surface area (Å²) in [7, 11) is -13.8. The largest absolute Gasteiger partial charge is 0.505 e. The van der Waals surface area contributed by atoms with E-state index in [1.807, 2.05) is 0 Å². The topological polar surface area (TPSA) is 285 Å². The van der Waals surface area contributed by atoms with Gasteiger partial charge in [0.05, 0.1) is 44.6 Å². The van der Waals surface area contributed by atoms with Gasteiger partial charge in [-0.05, 0) is 59.5 Å². The van der Waals surface area contributed by atoms with E-state index >= 15 is 0 Å². The number of sulfone groups is 1. The van der Waals surface area contributed by atoms with Crippen molar-refractivity contribution in [3.8, 4) is 5.75 Å². The fourth-order valence-corrected chi connectivity index (χ4v) is 6.46. The monoisotopic (exact) mass is 725 g/mol. The van der Waals surface area contributed by atoms with Crippen LogP contribution in [0.15, 0.2) is 104 Å². The predicted octanol–water partition coefficient (Wildman–Crippen LogP) is 4.99. The second kappa shape index (κ2) is 13.7. The molecule has 248 valence electrons. The summed E-state index contributed by atoms with van der Waals surface area (Å²) in [6.07, 6.45) is 0. The minimum atomic E-state index is -4.93. The van der Waals surface area contributed by atoms with Crippen molar-refractivity contribution in [2.24, 2.45) is 20.5 Å². The van der Waals surface area contributed by atoms with Crippen molar-refractivity contribution >= 4 is 85.5 Å². The highest BCUT2D eigenvalue weighted by atomic mass is 32.3. The molecular formula is C26H23N5O12S4. The average Bonchev–Trinajstić information content (AvgIpc) is 2.98. The van der Waals surface area contributed by atoms with E-state index < -0.39 is 75.8 Å². The Bertz CT molecular complexity index is 2290. The van der Waals surface area contributed by atoms with E-state index in [2.05, 4.69) is 31.2 Å². The molecule has 0 spiro atoms. The van der Waals surface area contributed by atoms with Crippen molar-refractivity contribution in [2.75, 3.05) is 18.1 Å². The number of hydrogen-bond acceptors (Lipinski definition) is 14. The fourth-order valence-electron chi connectivity index (χ4n) is 3.96. The molecule has 0 aliphatic heterocycles. The summed E-state index contributed by atoms with van der Waals surface area (Å²) in [5, 5.41) is 26.7. The second-order valence-electron chi connectivity index (χ2n) is 9.33. The van der Waals surface area contributed by atoms with Gasteiger partial charge in [-0.1, -0.05) is 24.8 Å². The van der Waals surface area contributed by atoms with Crippen LogP contribution in [0.1, 0.15) is 5.56 Å². The van der Waals surface area contributed by atoms with Gasteiger partial charge in [0.15, 0.2) is 26.7 Å². The highest BCUT2D eigenvalue weighted by Crippen LogP contribution is 2.45. The SMILES string of the molecule is C=C(c1ccc(N=Nc2ccc3cc(S(=O)(=O)O)c(N=Nc4ccc(S(=O)(=O)CCOS(=O)(=O)O)cc4)c(N)c3c2O)cc1)S(=O)O. The van der Waals surface area contributed by atoms with Crippen LogP contribution in [0.4, 0.5) is 28.4 Å². The zero-order valence-electron chi connectivity index (χ0n) is 23.5. The van der Waals surface area contributed by atoms with Gasteiger partial charge >= 0.3 is 10.4 Å². The molecule has 1 atom stereocenters. The number of benzene rings is 4. The number of anilines is 1. The molecule has 4 aromatic rings. The first-order valence-corrected chi connectivity index (χ1v) is 18.2. The van der Waals surface area contributed by atoms with Crippen LogP contribution in [0.25, 0.3) is 15.7 Å². The summed E-state index contributed by atoms with van der Waals surface area (Å²) in [5.74, 6) is -1.30. The average molecular weight is 726 g/mol. The molecule has 0 radical (unpaired) electrons. The lowest BCUT2D eigenvalue weighted by molar-refractivity contribution is 0.284. The highest BCUT2D eigenvalue weighted by molar-refractivity contribution is 7.91. The third-order valence-electron chi connectivity index (χ3n) is 6.23. The van der Waals surface area contributed by atoms with Gasteiger partial charge in [0, 0.05) is 0 Å². The van der Waals surface area contributed by atoms with E-state index in [0.717, 1.165) is 18.2 Å². The predicted molar refractivity (Wildman–Crippen MR) is 170 cm³/mol. The first kappa shape index (κ1) is 35.4. The molecule has 0 aromatic heterocycles. The quantitative estimate of drug-likeness (QED) is 0.0557. The van der Waals surface area contributed by atoms with Crippen LogP contribution >= 0.6 is 0 Å². The molecule has 4 aromatic carbocycles. The lowest BCUT2D eigenvalue weighted by Crippen LogP contribution is -2.15. The van der Waals surface area contributed by atoms with Crippen LogP contribution in [0, 0.1) is 0 Å². The maximum absolute atomic E-state index is 12.4. The maximum atomic E-state index is 12.4. The number of fused-ring (bicyclic) bond motifs is 1. The molecule has 0 aliphatic carbocycles. The van der Waals surface area contributed by atoms with Gasteiger partial charge in [0.1, 0.15) is 16.3 Å². The number of aromatic hydroxyl groups is 1.